The van der Waals surface area contributed by atoms with Crippen molar-refractivity contribution in [3.63, 3.8) is 0 Å². The number of carbonyl (C=O) groups is 2. The van der Waals surface area contributed by atoms with Crippen molar-refractivity contribution in [3.8, 4) is 11.1 Å². The summed E-state index contributed by atoms with van der Waals surface area (Å²) >= 11 is 0. The predicted molar refractivity (Wildman–Crippen MR) is 184 cm³/mol. The average molecular weight is 644 g/mol. The largest absolute Gasteiger partial charge is 0.496 e. The molecule has 8 nitrogen and oxygen atoms in total. The highest BCUT2D eigenvalue weighted by Gasteiger charge is 2.29. The second kappa shape index (κ2) is 14.6. The first-order valence-corrected chi connectivity index (χ1v) is 16.1. The van der Waals surface area contributed by atoms with Crippen molar-refractivity contribution in [2.45, 2.75) is 44.8 Å². The topological polar surface area (TPSA) is 104 Å². The number of benzene rings is 3. The Labute approximate surface area is 279 Å². The first-order chi connectivity index (χ1) is 23.4. The number of methoxy groups -OCH3 is 2. The fraction of sp³-hybridized carbons (Fsp3) is 0.250. The van der Waals surface area contributed by atoms with Gasteiger partial charge in [0.15, 0.2) is 0 Å². The van der Waals surface area contributed by atoms with E-state index in [1.807, 2.05) is 30.2 Å². The van der Waals surface area contributed by atoms with Crippen LogP contribution >= 0.6 is 0 Å². The fourth-order valence-corrected chi connectivity index (χ4v) is 6.74. The molecule has 0 amide bonds. The van der Waals surface area contributed by atoms with E-state index in [0.717, 1.165) is 50.8 Å². The Hall–Kier alpha value is -5.43. The zero-order valence-corrected chi connectivity index (χ0v) is 27.0. The van der Waals surface area contributed by atoms with Crippen LogP contribution in [0.4, 0.5) is 0 Å². The van der Waals surface area contributed by atoms with Gasteiger partial charge in [0.1, 0.15) is 23.4 Å². The van der Waals surface area contributed by atoms with Crippen molar-refractivity contribution in [1.29, 1.82) is 0 Å². The SMILES string of the molecule is COC(=O)C1=C(c2c(CCCOC3C=CC=C(OC)C3=C=O)n(Cc3ccc(-c4ccccc4)cc3)c3cc(C(=O)O)ccc23)CCC1. The molecule has 0 fully saturated rings. The van der Waals surface area contributed by atoms with Gasteiger partial charge >= 0.3 is 11.9 Å². The smallest absolute Gasteiger partial charge is 0.335 e. The van der Waals surface area contributed by atoms with E-state index in [0.29, 0.717) is 55.7 Å². The molecule has 8 heteroatoms. The minimum absolute atomic E-state index is 0.190. The third kappa shape index (κ3) is 6.54. The summed E-state index contributed by atoms with van der Waals surface area (Å²) in [6.45, 7) is 0.838. The van der Waals surface area contributed by atoms with Gasteiger partial charge in [0.2, 0.25) is 0 Å². The molecule has 6 rings (SSSR count). The van der Waals surface area contributed by atoms with Crippen molar-refractivity contribution >= 4 is 34.4 Å². The van der Waals surface area contributed by atoms with Crippen LogP contribution in [0.15, 0.2) is 108 Å². The molecule has 244 valence electrons. The van der Waals surface area contributed by atoms with Crippen LogP contribution in [-0.2, 0) is 36.8 Å². The minimum atomic E-state index is -1.01. The van der Waals surface area contributed by atoms with Crippen LogP contribution < -0.4 is 0 Å². The highest BCUT2D eigenvalue weighted by Crippen LogP contribution is 2.42. The number of nitrogens with zero attached hydrogens (tertiary/aromatic N) is 1. The molecule has 0 spiro atoms. The summed E-state index contributed by atoms with van der Waals surface area (Å²) in [5.41, 5.74) is 8.13. The minimum Gasteiger partial charge on any atom is -0.496 e. The lowest BCUT2D eigenvalue weighted by molar-refractivity contribution is -0.136. The lowest BCUT2D eigenvalue weighted by atomic mass is 9.96. The summed E-state index contributed by atoms with van der Waals surface area (Å²) in [4.78, 5) is 36.8. The molecule has 0 aliphatic heterocycles. The van der Waals surface area contributed by atoms with E-state index in [9.17, 15) is 19.5 Å². The molecule has 1 unspecified atom stereocenters. The number of carbonyl (C=O) groups excluding carboxylic acids is 2. The maximum atomic E-state index is 12.9. The van der Waals surface area contributed by atoms with E-state index < -0.39 is 12.1 Å². The Balaban J connectivity index is 1.41. The molecule has 48 heavy (non-hydrogen) atoms. The summed E-state index contributed by atoms with van der Waals surface area (Å²) in [7, 11) is 2.90. The number of esters is 1. The number of hydrogen-bond acceptors (Lipinski definition) is 6. The molecule has 1 heterocycles. The van der Waals surface area contributed by atoms with Crippen molar-refractivity contribution in [2.24, 2.45) is 0 Å². The number of ether oxygens (including phenoxy) is 3. The molecular formula is C40H37NO7. The molecule has 2 aliphatic rings. The predicted octanol–water partition coefficient (Wildman–Crippen LogP) is 7.34. The van der Waals surface area contributed by atoms with Gasteiger partial charge in [-0.3, -0.25) is 0 Å². The van der Waals surface area contributed by atoms with Gasteiger partial charge in [-0.05, 0) is 72.6 Å². The summed E-state index contributed by atoms with van der Waals surface area (Å²) in [6.07, 6.45) is 8.07. The van der Waals surface area contributed by atoms with Crippen molar-refractivity contribution < 1.29 is 33.7 Å². The maximum Gasteiger partial charge on any atom is 0.335 e. The van der Waals surface area contributed by atoms with Crippen molar-refractivity contribution in [1.82, 2.24) is 4.57 Å². The lowest BCUT2D eigenvalue weighted by Crippen LogP contribution is -2.19. The van der Waals surface area contributed by atoms with Gasteiger partial charge in [-0.15, -0.1) is 0 Å². The normalized spacial score (nSPS) is 15.8. The van der Waals surface area contributed by atoms with Crippen molar-refractivity contribution in [2.75, 3.05) is 20.8 Å². The van der Waals surface area contributed by atoms with Gasteiger partial charge in [0.25, 0.3) is 0 Å². The number of allylic oxidation sites excluding steroid dienone is 3. The zero-order valence-electron chi connectivity index (χ0n) is 27.0. The number of carboxylic acid groups (broad SMARTS) is 1. The van der Waals surface area contributed by atoms with E-state index >= 15 is 0 Å². The molecule has 1 aromatic heterocycles. The molecule has 0 saturated heterocycles. The standard InChI is InChI=1S/C40H37NO7/c1-46-36-14-7-15-37(33(36)25-42)48-22-8-13-34-38(30-11-6-12-31(30)40(45)47-2)32-21-20-29(39(43)44)23-35(32)41(34)24-26-16-18-28(19-17-26)27-9-4-3-5-10-27/h3-5,7,9-10,14-21,23,37H,6,8,11-13,22,24H2,1-2H3,(H,43,44). The molecule has 3 aromatic carbocycles. The van der Waals surface area contributed by atoms with Crippen LogP contribution in [0.25, 0.3) is 27.6 Å². The molecule has 0 bridgehead atoms. The van der Waals surface area contributed by atoms with Crippen LogP contribution in [0.5, 0.6) is 0 Å². The van der Waals surface area contributed by atoms with E-state index in [4.69, 9.17) is 14.2 Å². The first-order valence-electron chi connectivity index (χ1n) is 16.1. The van der Waals surface area contributed by atoms with Gasteiger partial charge in [-0.25, -0.2) is 14.4 Å². The lowest BCUT2D eigenvalue weighted by Gasteiger charge is -2.20. The second-order valence-electron chi connectivity index (χ2n) is 11.8. The van der Waals surface area contributed by atoms with Gasteiger partial charge in [-0.1, -0.05) is 72.8 Å². The Morgan fingerprint density at radius 3 is 2.46 bits per heavy atom. The molecule has 1 atom stereocenters. The first kappa shape index (κ1) is 32.5. The second-order valence-corrected chi connectivity index (χ2v) is 11.8. The number of aromatic nitrogens is 1. The highest BCUT2D eigenvalue weighted by molar-refractivity contribution is 6.05. The summed E-state index contributed by atoms with van der Waals surface area (Å²) < 4.78 is 18.8. The number of hydrogen-bond donors (Lipinski definition) is 1. The molecule has 0 radical (unpaired) electrons. The average Bonchev–Trinajstić information content (AvgIpc) is 3.72. The Morgan fingerprint density at radius 1 is 0.979 bits per heavy atom. The fourth-order valence-electron chi connectivity index (χ4n) is 6.74. The van der Waals surface area contributed by atoms with Crippen LogP contribution in [0.3, 0.4) is 0 Å². The third-order valence-electron chi connectivity index (χ3n) is 9.04. The molecule has 2 aliphatic carbocycles. The van der Waals surface area contributed by atoms with E-state index in [2.05, 4.69) is 41.0 Å². The Bertz CT molecular complexity index is 1990. The van der Waals surface area contributed by atoms with Crippen molar-refractivity contribution in [3.05, 3.63) is 130 Å². The molecule has 0 saturated carbocycles. The van der Waals surface area contributed by atoms with Gasteiger partial charge < -0.3 is 23.9 Å². The summed E-state index contributed by atoms with van der Waals surface area (Å²) in [6, 6.07) is 23.8. The summed E-state index contributed by atoms with van der Waals surface area (Å²) in [5, 5.41) is 10.8. The van der Waals surface area contributed by atoms with Gasteiger partial charge in [-0.2, -0.15) is 0 Å². The number of fused-ring (bicyclic) bond motifs is 1. The van der Waals surface area contributed by atoms with Gasteiger partial charge in [0, 0.05) is 35.4 Å². The Morgan fingerprint density at radius 2 is 1.75 bits per heavy atom. The van der Waals surface area contributed by atoms with E-state index in [1.54, 1.807) is 30.4 Å². The Kier molecular flexibility index (Phi) is 9.86. The van der Waals surface area contributed by atoms with Gasteiger partial charge in [0.05, 0.1) is 25.3 Å². The maximum absolute atomic E-state index is 12.9. The van der Waals surface area contributed by atoms with Crippen LogP contribution in [-0.4, -0.2) is 54.5 Å². The van der Waals surface area contributed by atoms with Crippen LogP contribution in [0, 0.1) is 0 Å². The monoisotopic (exact) mass is 643 g/mol. The highest BCUT2D eigenvalue weighted by atomic mass is 16.5. The number of rotatable bonds is 12. The molecule has 4 aromatic rings. The number of carboxylic acids is 1. The third-order valence-corrected chi connectivity index (χ3v) is 9.04. The van der Waals surface area contributed by atoms with E-state index in [1.165, 1.54) is 14.2 Å². The zero-order chi connectivity index (χ0) is 33.6. The van der Waals surface area contributed by atoms with Crippen LogP contribution in [0.1, 0.15) is 52.9 Å². The quantitative estimate of drug-likeness (QED) is 0.0979. The number of aromatic carboxylic acids is 1. The van der Waals surface area contributed by atoms with E-state index in [-0.39, 0.29) is 11.5 Å². The molecular weight excluding hydrogens is 606 g/mol. The molecule has 1 N–H and O–H groups in total. The summed E-state index contributed by atoms with van der Waals surface area (Å²) in [5.74, 6) is 1.04. The van der Waals surface area contributed by atoms with Crippen LogP contribution in [0.2, 0.25) is 0 Å².